The number of carbonyl (C=O) groups excluding carboxylic acids is 2. The van der Waals surface area contributed by atoms with Gasteiger partial charge in [-0.05, 0) is 34.5 Å². The number of hydrogen-bond acceptors (Lipinski definition) is 7. The SMILES string of the molecule is COC(=O)c1cc([N+](=O)[O-])c(=O)n(CC(=O)N(C)Cc2ccc3cc(OC)ccc3c2)c1. The van der Waals surface area contributed by atoms with Crippen LogP contribution in [0.5, 0.6) is 5.75 Å². The molecule has 0 bridgehead atoms. The summed E-state index contributed by atoms with van der Waals surface area (Å²) in [5, 5.41) is 13.1. The number of likely N-dealkylation sites (N-methyl/N-ethyl adjacent to an activating group) is 1. The molecule has 0 atom stereocenters. The van der Waals surface area contributed by atoms with E-state index in [1.54, 1.807) is 14.2 Å². The van der Waals surface area contributed by atoms with Crippen LogP contribution in [0.15, 0.2) is 53.5 Å². The van der Waals surface area contributed by atoms with Crippen LogP contribution in [0.2, 0.25) is 0 Å². The van der Waals surface area contributed by atoms with E-state index in [-0.39, 0.29) is 12.1 Å². The Bertz CT molecular complexity index is 1270. The standard InChI is InChI=1S/C22H21N3O7/c1-23(11-14-4-5-16-9-18(31-2)7-6-15(16)8-14)20(26)13-24-12-17(22(28)32-3)10-19(21(24)27)25(29)30/h4-10,12H,11,13H2,1-3H3. The molecule has 0 aliphatic rings. The van der Waals surface area contributed by atoms with Crippen molar-refractivity contribution < 1.29 is 24.0 Å². The fourth-order valence-corrected chi connectivity index (χ4v) is 3.22. The molecule has 0 aliphatic heterocycles. The second-order valence-electron chi connectivity index (χ2n) is 7.09. The molecule has 1 heterocycles. The van der Waals surface area contributed by atoms with Crippen LogP contribution in [-0.2, 0) is 22.6 Å². The van der Waals surface area contributed by atoms with Crippen LogP contribution in [0.1, 0.15) is 15.9 Å². The van der Waals surface area contributed by atoms with Crippen LogP contribution in [0.4, 0.5) is 5.69 Å². The van der Waals surface area contributed by atoms with Gasteiger partial charge in [-0.15, -0.1) is 0 Å². The summed E-state index contributed by atoms with van der Waals surface area (Å²) in [7, 11) is 4.27. The predicted molar refractivity (Wildman–Crippen MR) is 116 cm³/mol. The Hall–Kier alpha value is -4.21. The van der Waals surface area contributed by atoms with E-state index in [0.29, 0.717) is 0 Å². The number of hydrogen-bond donors (Lipinski definition) is 0. The minimum absolute atomic E-state index is 0.195. The number of aromatic nitrogens is 1. The van der Waals surface area contributed by atoms with Crippen molar-refractivity contribution in [1.29, 1.82) is 0 Å². The van der Waals surface area contributed by atoms with Crippen molar-refractivity contribution in [3.05, 3.63) is 80.3 Å². The van der Waals surface area contributed by atoms with Crippen molar-refractivity contribution in [3.63, 3.8) is 0 Å². The van der Waals surface area contributed by atoms with E-state index in [1.165, 1.54) is 4.90 Å². The van der Waals surface area contributed by atoms with E-state index in [1.807, 2.05) is 36.4 Å². The maximum absolute atomic E-state index is 12.7. The number of pyridine rings is 1. The average Bonchev–Trinajstić information content (AvgIpc) is 2.79. The number of carbonyl (C=O) groups is 2. The maximum Gasteiger partial charge on any atom is 0.339 e. The quantitative estimate of drug-likeness (QED) is 0.315. The second kappa shape index (κ2) is 9.29. The highest BCUT2D eigenvalue weighted by atomic mass is 16.6. The van der Waals surface area contributed by atoms with Gasteiger partial charge in [-0.3, -0.25) is 24.3 Å². The number of ether oxygens (including phenoxy) is 2. The second-order valence-corrected chi connectivity index (χ2v) is 7.09. The van der Waals surface area contributed by atoms with Gasteiger partial charge in [0.1, 0.15) is 12.3 Å². The first-order valence-electron chi connectivity index (χ1n) is 9.51. The van der Waals surface area contributed by atoms with Crippen molar-refractivity contribution in [2.24, 2.45) is 0 Å². The van der Waals surface area contributed by atoms with Crippen LogP contribution in [-0.4, -0.2) is 47.5 Å². The number of rotatable bonds is 7. The van der Waals surface area contributed by atoms with E-state index >= 15 is 0 Å². The van der Waals surface area contributed by atoms with Gasteiger partial charge < -0.3 is 14.4 Å². The van der Waals surface area contributed by atoms with Crippen LogP contribution in [0.3, 0.4) is 0 Å². The highest BCUT2D eigenvalue weighted by Gasteiger charge is 2.22. The number of amides is 1. The molecule has 166 valence electrons. The van der Waals surface area contributed by atoms with Crippen LogP contribution in [0.25, 0.3) is 10.8 Å². The van der Waals surface area contributed by atoms with E-state index in [4.69, 9.17) is 4.74 Å². The highest BCUT2D eigenvalue weighted by molar-refractivity contribution is 5.89. The first-order chi connectivity index (χ1) is 15.2. The Balaban J connectivity index is 1.81. The lowest BCUT2D eigenvalue weighted by Crippen LogP contribution is -2.34. The summed E-state index contributed by atoms with van der Waals surface area (Å²) < 4.78 is 10.6. The summed E-state index contributed by atoms with van der Waals surface area (Å²) in [6.07, 6.45) is 1.08. The maximum atomic E-state index is 12.7. The minimum atomic E-state index is -0.982. The van der Waals surface area contributed by atoms with E-state index in [9.17, 15) is 24.5 Å². The Morgan fingerprint density at radius 2 is 1.78 bits per heavy atom. The molecule has 0 spiro atoms. The third-order valence-corrected chi connectivity index (χ3v) is 4.95. The van der Waals surface area contributed by atoms with Gasteiger partial charge in [0, 0.05) is 25.9 Å². The number of esters is 1. The molecule has 32 heavy (non-hydrogen) atoms. The van der Waals surface area contributed by atoms with Crippen molar-refractivity contribution in [2.45, 2.75) is 13.1 Å². The van der Waals surface area contributed by atoms with Crippen molar-refractivity contribution in [1.82, 2.24) is 9.47 Å². The Morgan fingerprint density at radius 3 is 2.44 bits per heavy atom. The predicted octanol–water partition coefficient (Wildman–Crippen LogP) is 2.36. The van der Waals surface area contributed by atoms with Gasteiger partial charge in [0.05, 0.1) is 24.7 Å². The lowest BCUT2D eigenvalue weighted by atomic mass is 10.1. The van der Waals surface area contributed by atoms with Crippen LogP contribution < -0.4 is 10.3 Å². The lowest BCUT2D eigenvalue weighted by molar-refractivity contribution is -0.386. The number of methoxy groups -OCH3 is 2. The molecular formula is C22H21N3O7. The van der Waals surface area contributed by atoms with Crippen LogP contribution >= 0.6 is 0 Å². The molecule has 0 radical (unpaired) electrons. The lowest BCUT2D eigenvalue weighted by Gasteiger charge is -2.18. The first kappa shape index (κ1) is 22.5. The molecule has 3 aromatic rings. The fraction of sp³-hybridized carbons (Fsp3) is 0.227. The van der Waals surface area contributed by atoms with Crippen molar-refractivity contribution >= 4 is 28.3 Å². The fourth-order valence-electron chi connectivity index (χ4n) is 3.22. The molecular weight excluding hydrogens is 418 g/mol. The topological polar surface area (TPSA) is 121 Å². The van der Waals surface area contributed by atoms with E-state index in [0.717, 1.165) is 46.0 Å². The van der Waals surface area contributed by atoms with Gasteiger partial charge in [0.2, 0.25) is 5.91 Å². The zero-order chi connectivity index (χ0) is 23.4. The largest absolute Gasteiger partial charge is 0.497 e. The minimum Gasteiger partial charge on any atom is -0.497 e. The average molecular weight is 439 g/mol. The summed E-state index contributed by atoms with van der Waals surface area (Å²) in [5.74, 6) is -0.569. The van der Waals surface area contributed by atoms with Crippen LogP contribution in [0, 0.1) is 10.1 Å². The molecule has 0 N–H and O–H groups in total. The summed E-state index contributed by atoms with van der Waals surface area (Å²) in [6, 6.07) is 12.2. The molecule has 2 aromatic carbocycles. The van der Waals surface area contributed by atoms with E-state index in [2.05, 4.69) is 4.74 Å². The highest BCUT2D eigenvalue weighted by Crippen LogP contribution is 2.22. The normalized spacial score (nSPS) is 10.6. The molecule has 10 heteroatoms. The first-order valence-corrected chi connectivity index (χ1v) is 9.51. The van der Waals surface area contributed by atoms with Gasteiger partial charge in [-0.2, -0.15) is 0 Å². The molecule has 1 aromatic heterocycles. The summed E-state index contributed by atoms with van der Waals surface area (Å²) in [6.45, 7) is -0.208. The number of nitro groups is 1. The van der Waals surface area contributed by atoms with E-state index < -0.39 is 34.6 Å². The van der Waals surface area contributed by atoms with Crippen molar-refractivity contribution in [3.8, 4) is 5.75 Å². The Kier molecular flexibility index (Phi) is 6.53. The van der Waals surface area contributed by atoms with Gasteiger partial charge >= 0.3 is 17.2 Å². The molecule has 0 unspecified atom stereocenters. The number of nitrogens with zero attached hydrogens (tertiary/aromatic N) is 3. The molecule has 3 rings (SSSR count). The Labute approximate surface area is 182 Å². The summed E-state index contributed by atoms with van der Waals surface area (Å²) >= 11 is 0. The summed E-state index contributed by atoms with van der Waals surface area (Å²) in [4.78, 5) is 48.6. The third-order valence-electron chi connectivity index (χ3n) is 4.95. The van der Waals surface area contributed by atoms with Gasteiger partial charge in [-0.1, -0.05) is 18.2 Å². The van der Waals surface area contributed by atoms with Gasteiger partial charge in [0.25, 0.3) is 0 Å². The zero-order valence-corrected chi connectivity index (χ0v) is 17.7. The molecule has 0 aliphatic carbocycles. The number of benzene rings is 2. The molecule has 10 nitrogen and oxygen atoms in total. The monoisotopic (exact) mass is 439 g/mol. The van der Waals surface area contributed by atoms with Crippen molar-refractivity contribution in [2.75, 3.05) is 21.3 Å². The molecule has 0 fully saturated rings. The smallest absolute Gasteiger partial charge is 0.339 e. The molecule has 1 amide bonds. The summed E-state index contributed by atoms with van der Waals surface area (Å²) in [5.41, 5.74) is -1.13. The molecule has 0 saturated carbocycles. The number of fused-ring (bicyclic) bond motifs is 1. The zero-order valence-electron chi connectivity index (χ0n) is 17.7. The van der Waals surface area contributed by atoms with Gasteiger partial charge in [-0.25, -0.2) is 4.79 Å². The molecule has 0 saturated heterocycles. The third kappa shape index (κ3) is 4.75. The Morgan fingerprint density at radius 1 is 1.09 bits per heavy atom. The van der Waals surface area contributed by atoms with Gasteiger partial charge in [0.15, 0.2) is 0 Å².